The first-order valence-corrected chi connectivity index (χ1v) is 8.26. The fraction of sp³-hybridized carbons (Fsp3) is 0.733. The van der Waals surface area contributed by atoms with Crippen LogP contribution in [0.4, 0.5) is 0 Å². The Bertz CT molecular complexity index is 413. The number of nitrogens with one attached hydrogen (secondary N) is 1. The number of rotatable bonds is 6. The van der Waals surface area contributed by atoms with Crippen molar-refractivity contribution in [3.8, 4) is 0 Å². The highest BCUT2D eigenvalue weighted by Gasteiger charge is 2.35. The standard InChI is InChI=1S/C15H27N3OS/c1-4-12-5-6-13(20-12)11-14(17-16)15(2,3)18-7-9-19-10-8-18/h5-6,14,17H,4,7-11,16H2,1-3H3. The van der Waals surface area contributed by atoms with E-state index >= 15 is 0 Å². The van der Waals surface area contributed by atoms with Gasteiger partial charge in [-0.2, -0.15) is 0 Å². The number of aryl methyl sites for hydroxylation is 1. The van der Waals surface area contributed by atoms with E-state index in [9.17, 15) is 0 Å². The molecule has 2 heterocycles. The lowest BCUT2D eigenvalue weighted by Crippen LogP contribution is -2.62. The lowest BCUT2D eigenvalue weighted by Gasteiger charge is -2.45. The van der Waals surface area contributed by atoms with E-state index in [1.165, 1.54) is 9.75 Å². The number of nitrogens with two attached hydrogens (primary N) is 1. The summed E-state index contributed by atoms with van der Waals surface area (Å²) in [5.41, 5.74) is 3.06. The summed E-state index contributed by atoms with van der Waals surface area (Å²) in [4.78, 5) is 5.33. The molecule has 0 bridgehead atoms. The predicted molar refractivity (Wildman–Crippen MR) is 85.0 cm³/mol. The second-order valence-electron chi connectivity index (χ2n) is 5.90. The summed E-state index contributed by atoms with van der Waals surface area (Å²) >= 11 is 1.90. The van der Waals surface area contributed by atoms with Crippen molar-refractivity contribution in [2.24, 2.45) is 5.84 Å². The van der Waals surface area contributed by atoms with Gasteiger partial charge < -0.3 is 4.74 Å². The van der Waals surface area contributed by atoms with Gasteiger partial charge >= 0.3 is 0 Å². The fourth-order valence-electron chi connectivity index (χ4n) is 2.80. The number of hydrogen-bond donors (Lipinski definition) is 2. The Morgan fingerprint density at radius 1 is 1.35 bits per heavy atom. The summed E-state index contributed by atoms with van der Waals surface area (Å²) in [6, 6.07) is 4.71. The smallest absolute Gasteiger partial charge is 0.0594 e. The van der Waals surface area contributed by atoms with Gasteiger partial charge in [-0.05, 0) is 32.4 Å². The van der Waals surface area contributed by atoms with Gasteiger partial charge in [-0.1, -0.05) is 6.92 Å². The summed E-state index contributed by atoms with van der Waals surface area (Å²) in [5.74, 6) is 5.85. The summed E-state index contributed by atoms with van der Waals surface area (Å²) in [7, 11) is 0. The number of hydrazine groups is 1. The Hall–Kier alpha value is -0.460. The van der Waals surface area contributed by atoms with Crippen LogP contribution < -0.4 is 11.3 Å². The van der Waals surface area contributed by atoms with Crippen LogP contribution in [0, 0.1) is 0 Å². The van der Waals surface area contributed by atoms with Crippen molar-refractivity contribution in [3.05, 3.63) is 21.9 Å². The summed E-state index contributed by atoms with van der Waals surface area (Å²) in [5, 5.41) is 0. The van der Waals surface area contributed by atoms with Gasteiger partial charge in [-0.15, -0.1) is 11.3 Å². The molecule has 0 spiro atoms. The van der Waals surface area contributed by atoms with E-state index in [0.29, 0.717) is 0 Å². The number of morpholine rings is 1. The third kappa shape index (κ3) is 3.59. The molecule has 0 radical (unpaired) electrons. The van der Waals surface area contributed by atoms with Crippen molar-refractivity contribution >= 4 is 11.3 Å². The molecule has 1 aliphatic heterocycles. The largest absolute Gasteiger partial charge is 0.379 e. The fourth-order valence-corrected chi connectivity index (χ4v) is 3.80. The van der Waals surface area contributed by atoms with E-state index in [0.717, 1.165) is 39.1 Å². The van der Waals surface area contributed by atoms with E-state index in [2.05, 4.69) is 43.2 Å². The summed E-state index contributed by atoms with van der Waals surface area (Å²) < 4.78 is 5.45. The quantitative estimate of drug-likeness (QED) is 0.621. The number of nitrogens with zero attached hydrogens (tertiary/aromatic N) is 1. The minimum absolute atomic E-state index is 0.0227. The van der Waals surface area contributed by atoms with Crippen molar-refractivity contribution < 1.29 is 4.74 Å². The molecule has 0 saturated carbocycles. The second kappa shape index (κ2) is 7.00. The monoisotopic (exact) mass is 297 g/mol. The highest BCUT2D eigenvalue weighted by molar-refractivity contribution is 7.11. The van der Waals surface area contributed by atoms with Gasteiger partial charge in [0.05, 0.1) is 13.2 Å². The topological polar surface area (TPSA) is 50.5 Å². The minimum Gasteiger partial charge on any atom is -0.379 e. The zero-order chi connectivity index (χ0) is 14.6. The Labute approximate surface area is 126 Å². The Balaban J connectivity index is 2.05. The number of thiophene rings is 1. The predicted octanol–water partition coefficient (Wildman–Crippen LogP) is 1.80. The maximum atomic E-state index is 5.85. The van der Waals surface area contributed by atoms with Crippen LogP contribution in [0.1, 0.15) is 30.5 Å². The molecule has 114 valence electrons. The zero-order valence-corrected chi connectivity index (χ0v) is 13.6. The Morgan fingerprint density at radius 3 is 2.55 bits per heavy atom. The second-order valence-corrected chi connectivity index (χ2v) is 7.15. The van der Waals surface area contributed by atoms with Crippen molar-refractivity contribution in [2.45, 2.75) is 45.2 Å². The van der Waals surface area contributed by atoms with Crippen LogP contribution in [0.15, 0.2) is 12.1 Å². The van der Waals surface area contributed by atoms with E-state index in [1.807, 2.05) is 11.3 Å². The molecule has 1 aromatic rings. The summed E-state index contributed by atoms with van der Waals surface area (Å²) in [6.07, 6.45) is 2.09. The molecule has 1 fully saturated rings. The number of ether oxygens (including phenoxy) is 1. The van der Waals surface area contributed by atoms with Crippen LogP contribution in [0.2, 0.25) is 0 Å². The van der Waals surface area contributed by atoms with Crippen LogP contribution in [0.25, 0.3) is 0 Å². The van der Waals surface area contributed by atoms with Crippen molar-refractivity contribution in [3.63, 3.8) is 0 Å². The van der Waals surface area contributed by atoms with E-state index in [1.54, 1.807) is 0 Å². The van der Waals surface area contributed by atoms with Crippen molar-refractivity contribution in [2.75, 3.05) is 26.3 Å². The number of hydrogen-bond acceptors (Lipinski definition) is 5. The minimum atomic E-state index is 0.0227. The van der Waals surface area contributed by atoms with Gasteiger partial charge in [0.25, 0.3) is 0 Å². The molecule has 1 aliphatic rings. The van der Waals surface area contributed by atoms with Crippen LogP contribution in [-0.4, -0.2) is 42.8 Å². The molecular formula is C15H27N3OS. The average molecular weight is 297 g/mol. The molecule has 0 amide bonds. The average Bonchev–Trinajstić information content (AvgIpc) is 2.93. The molecule has 3 N–H and O–H groups in total. The molecule has 5 heteroatoms. The third-order valence-electron chi connectivity index (χ3n) is 4.35. The van der Waals surface area contributed by atoms with Gasteiger partial charge in [0, 0.05) is 40.8 Å². The van der Waals surface area contributed by atoms with E-state index < -0.39 is 0 Å². The third-order valence-corrected chi connectivity index (χ3v) is 5.60. The Morgan fingerprint density at radius 2 is 2.00 bits per heavy atom. The molecule has 0 aromatic carbocycles. The molecule has 1 unspecified atom stereocenters. The van der Waals surface area contributed by atoms with E-state index in [4.69, 9.17) is 10.6 Å². The lowest BCUT2D eigenvalue weighted by molar-refractivity contribution is -0.0232. The van der Waals surface area contributed by atoms with Crippen LogP contribution in [0.5, 0.6) is 0 Å². The van der Waals surface area contributed by atoms with Gasteiger partial charge in [0.15, 0.2) is 0 Å². The molecule has 0 aliphatic carbocycles. The van der Waals surface area contributed by atoms with Crippen LogP contribution in [0.3, 0.4) is 0 Å². The van der Waals surface area contributed by atoms with Gasteiger partial charge in [0.1, 0.15) is 0 Å². The molecule has 4 nitrogen and oxygen atoms in total. The summed E-state index contributed by atoms with van der Waals surface area (Å²) in [6.45, 7) is 10.4. The van der Waals surface area contributed by atoms with Gasteiger partial charge in [-0.25, -0.2) is 0 Å². The first-order chi connectivity index (χ1) is 9.57. The Kier molecular flexibility index (Phi) is 5.57. The van der Waals surface area contributed by atoms with E-state index in [-0.39, 0.29) is 11.6 Å². The maximum Gasteiger partial charge on any atom is 0.0594 e. The molecule has 1 saturated heterocycles. The highest BCUT2D eigenvalue weighted by atomic mass is 32.1. The molecule has 1 atom stereocenters. The van der Waals surface area contributed by atoms with Crippen LogP contribution in [-0.2, 0) is 17.6 Å². The molecular weight excluding hydrogens is 270 g/mol. The first-order valence-electron chi connectivity index (χ1n) is 7.44. The van der Waals surface area contributed by atoms with Crippen molar-refractivity contribution in [1.82, 2.24) is 10.3 Å². The van der Waals surface area contributed by atoms with Crippen LogP contribution >= 0.6 is 11.3 Å². The SMILES string of the molecule is CCc1ccc(CC(NN)C(C)(C)N2CCOCC2)s1. The van der Waals surface area contributed by atoms with Gasteiger partial charge in [-0.3, -0.25) is 16.2 Å². The normalized spacial score (nSPS) is 19.2. The zero-order valence-electron chi connectivity index (χ0n) is 12.8. The first kappa shape index (κ1) is 15.9. The lowest BCUT2D eigenvalue weighted by atomic mass is 9.89. The molecule has 2 rings (SSSR count). The molecule has 20 heavy (non-hydrogen) atoms. The highest BCUT2D eigenvalue weighted by Crippen LogP contribution is 2.26. The maximum absolute atomic E-state index is 5.85. The van der Waals surface area contributed by atoms with Crippen molar-refractivity contribution in [1.29, 1.82) is 0 Å². The van der Waals surface area contributed by atoms with Gasteiger partial charge in [0.2, 0.25) is 0 Å². The molecule has 1 aromatic heterocycles.